The summed E-state index contributed by atoms with van der Waals surface area (Å²) in [7, 11) is 0. The first kappa shape index (κ1) is 14.6. The highest BCUT2D eigenvalue weighted by atomic mass is 79.9. The topological polar surface area (TPSA) is 29.1 Å². The second kappa shape index (κ2) is 6.07. The van der Waals surface area contributed by atoms with Gasteiger partial charge in [0, 0.05) is 19.5 Å². The van der Waals surface area contributed by atoms with Gasteiger partial charge in [-0.2, -0.15) is 0 Å². The maximum atomic E-state index is 12.1. The van der Waals surface area contributed by atoms with E-state index in [-0.39, 0.29) is 5.91 Å². The number of hydrogen-bond acceptors (Lipinski definition) is 1. The van der Waals surface area contributed by atoms with Gasteiger partial charge in [0.2, 0.25) is 0 Å². The van der Waals surface area contributed by atoms with Gasteiger partial charge in [0.1, 0.15) is 0 Å². The van der Waals surface area contributed by atoms with Gasteiger partial charge in [0.25, 0.3) is 5.91 Å². The van der Waals surface area contributed by atoms with Crippen LogP contribution in [0.5, 0.6) is 0 Å². The largest absolute Gasteiger partial charge is 0.321 e. The highest BCUT2D eigenvalue weighted by Gasteiger charge is 2.10. The number of rotatable bonds is 2. The first-order valence-corrected chi connectivity index (χ1v) is 7.46. The van der Waals surface area contributed by atoms with Crippen LogP contribution >= 0.6 is 43.5 Å². The lowest BCUT2D eigenvalue weighted by molar-refractivity contribution is 0.102. The van der Waals surface area contributed by atoms with Gasteiger partial charge in [-0.3, -0.25) is 4.79 Å². The van der Waals surface area contributed by atoms with Crippen LogP contribution in [0.2, 0.25) is 5.02 Å². The zero-order valence-corrected chi connectivity index (χ0v) is 13.9. The molecular weight excluding hydrogens is 393 g/mol. The van der Waals surface area contributed by atoms with Crippen molar-refractivity contribution in [2.75, 3.05) is 5.32 Å². The molecule has 1 amide bonds. The van der Waals surface area contributed by atoms with Crippen molar-refractivity contribution in [1.29, 1.82) is 0 Å². The molecule has 1 N–H and O–H groups in total. The van der Waals surface area contributed by atoms with E-state index in [0.717, 1.165) is 14.5 Å². The van der Waals surface area contributed by atoms with E-state index in [2.05, 4.69) is 37.2 Å². The van der Waals surface area contributed by atoms with Crippen LogP contribution in [0.4, 0.5) is 5.69 Å². The number of carbonyl (C=O) groups is 1. The van der Waals surface area contributed by atoms with Crippen molar-refractivity contribution < 1.29 is 4.79 Å². The van der Waals surface area contributed by atoms with Crippen LogP contribution in [0.15, 0.2) is 45.3 Å². The average molecular weight is 404 g/mol. The fourth-order valence-electron chi connectivity index (χ4n) is 1.57. The molecule has 0 unspecified atom stereocenters. The highest BCUT2D eigenvalue weighted by molar-refractivity contribution is 9.10. The third kappa shape index (κ3) is 3.59. The van der Waals surface area contributed by atoms with Crippen molar-refractivity contribution in [3.8, 4) is 0 Å². The minimum Gasteiger partial charge on any atom is -0.321 e. The number of aryl methyl sites for hydroxylation is 1. The summed E-state index contributed by atoms with van der Waals surface area (Å²) >= 11 is 12.8. The Morgan fingerprint density at radius 2 is 1.95 bits per heavy atom. The molecule has 0 aromatic heterocycles. The second-order valence-corrected chi connectivity index (χ2v) is 6.22. The number of nitrogens with one attached hydrogen (secondary N) is 1. The van der Waals surface area contributed by atoms with Crippen molar-refractivity contribution >= 4 is 55.1 Å². The summed E-state index contributed by atoms with van der Waals surface area (Å²) in [5.74, 6) is -0.179. The van der Waals surface area contributed by atoms with Crippen LogP contribution in [-0.2, 0) is 0 Å². The van der Waals surface area contributed by atoms with E-state index < -0.39 is 0 Å². The Kier molecular flexibility index (Phi) is 4.66. The Morgan fingerprint density at radius 3 is 2.63 bits per heavy atom. The van der Waals surface area contributed by atoms with Gasteiger partial charge >= 0.3 is 0 Å². The summed E-state index contributed by atoms with van der Waals surface area (Å²) in [6.07, 6.45) is 0. The molecule has 2 aromatic rings. The third-order valence-electron chi connectivity index (χ3n) is 2.58. The maximum absolute atomic E-state index is 12.1. The fourth-order valence-corrected chi connectivity index (χ4v) is 2.69. The number of hydrogen-bond donors (Lipinski definition) is 1. The van der Waals surface area contributed by atoms with Crippen LogP contribution in [0.3, 0.4) is 0 Å². The third-order valence-corrected chi connectivity index (χ3v) is 4.14. The number of carbonyl (C=O) groups excluding carboxylic acids is 1. The summed E-state index contributed by atoms with van der Waals surface area (Å²) < 4.78 is 1.67. The molecule has 2 aromatic carbocycles. The smallest absolute Gasteiger partial charge is 0.255 e. The molecule has 0 aliphatic rings. The normalized spacial score (nSPS) is 10.3. The van der Waals surface area contributed by atoms with Gasteiger partial charge in [0.15, 0.2) is 0 Å². The van der Waals surface area contributed by atoms with Gasteiger partial charge in [-0.1, -0.05) is 33.6 Å². The van der Waals surface area contributed by atoms with Crippen LogP contribution in [-0.4, -0.2) is 5.91 Å². The monoisotopic (exact) mass is 401 g/mol. The van der Waals surface area contributed by atoms with E-state index in [9.17, 15) is 4.79 Å². The zero-order valence-electron chi connectivity index (χ0n) is 10.0. The molecule has 2 nitrogen and oxygen atoms in total. The Balaban J connectivity index is 2.27. The lowest BCUT2D eigenvalue weighted by Crippen LogP contribution is -2.12. The molecule has 19 heavy (non-hydrogen) atoms. The molecule has 0 aliphatic heterocycles. The Bertz CT molecular complexity index is 643. The molecule has 0 aliphatic carbocycles. The van der Waals surface area contributed by atoms with Crippen molar-refractivity contribution in [3.63, 3.8) is 0 Å². The van der Waals surface area contributed by atoms with Crippen LogP contribution in [0.25, 0.3) is 0 Å². The average Bonchev–Trinajstić information content (AvgIpc) is 2.36. The van der Waals surface area contributed by atoms with Crippen LogP contribution in [0, 0.1) is 6.92 Å². The maximum Gasteiger partial charge on any atom is 0.255 e. The number of amides is 1. The summed E-state index contributed by atoms with van der Waals surface area (Å²) in [5, 5.41) is 3.45. The number of halogens is 3. The van der Waals surface area contributed by atoms with Crippen molar-refractivity contribution in [3.05, 3.63) is 61.5 Å². The van der Waals surface area contributed by atoms with Crippen molar-refractivity contribution in [1.82, 2.24) is 0 Å². The predicted molar refractivity (Wildman–Crippen MR) is 86.0 cm³/mol. The van der Waals surface area contributed by atoms with E-state index in [4.69, 9.17) is 11.6 Å². The minimum absolute atomic E-state index is 0.179. The summed E-state index contributed by atoms with van der Waals surface area (Å²) in [6, 6.07) is 10.8. The van der Waals surface area contributed by atoms with E-state index in [1.165, 1.54) is 0 Å². The Labute approximate surface area is 133 Å². The van der Waals surface area contributed by atoms with Gasteiger partial charge < -0.3 is 5.32 Å². The second-order valence-electron chi connectivity index (χ2n) is 4.05. The zero-order chi connectivity index (χ0) is 14.0. The van der Waals surface area contributed by atoms with Crippen molar-refractivity contribution in [2.24, 2.45) is 0 Å². The molecular formula is C14H10Br2ClNO. The lowest BCUT2D eigenvalue weighted by atomic mass is 10.2. The summed E-state index contributed by atoms with van der Waals surface area (Å²) in [6.45, 7) is 1.91. The quantitative estimate of drug-likeness (QED) is 0.712. The molecule has 5 heteroatoms. The standard InChI is InChI=1S/C14H10Br2ClNO/c1-8-5-11(16)13(7-12(8)17)18-14(19)9-3-2-4-10(15)6-9/h2-7H,1H3,(H,18,19). The Morgan fingerprint density at radius 1 is 1.21 bits per heavy atom. The van der Waals surface area contributed by atoms with Gasteiger partial charge in [-0.25, -0.2) is 0 Å². The minimum atomic E-state index is -0.179. The van der Waals surface area contributed by atoms with Crippen LogP contribution in [0.1, 0.15) is 15.9 Å². The molecule has 0 saturated carbocycles. The first-order valence-electron chi connectivity index (χ1n) is 5.50. The van der Waals surface area contributed by atoms with Crippen LogP contribution < -0.4 is 5.32 Å². The summed E-state index contributed by atoms with van der Waals surface area (Å²) in [5.41, 5.74) is 2.19. The summed E-state index contributed by atoms with van der Waals surface area (Å²) in [4.78, 5) is 12.1. The van der Waals surface area contributed by atoms with E-state index in [1.807, 2.05) is 25.1 Å². The SMILES string of the molecule is Cc1cc(Br)c(NC(=O)c2cccc(Br)c2)cc1Cl. The molecule has 0 bridgehead atoms. The Hall–Kier alpha value is -0.840. The van der Waals surface area contributed by atoms with Gasteiger partial charge in [-0.05, 0) is 58.7 Å². The van der Waals surface area contributed by atoms with Gasteiger partial charge in [0.05, 0.1) is 5.69 Å². The van der Waals surface area contributed by atoms with E-state index in [1.54, 1.807) is 18.2 Å². The number of anilines is 1. The fraction of sp³-hybridized carbons (Fsp3) is 0.0714. The van der Waals surface area contributed by atoms with E-state index >= 15 is 0 Å². The molecule has 0 fully saturated rings. The molecule has 0 atom stereocenters. The predicted octanol–water partition coefficient (Wildman–Crippen LogP) is 5.43. The molecule has 0 heterocycles. The van der Waals surface area contributed by atoms with Gasteiger partial charge in [-0.15, -0.1) is 0 Å². The molecule has 0 spiro atoms. The molecule has 2 rings (SSSR count). The lowest BCUT2D eigenvalue weighted by Gasteiger charge is -2.09. The molecule has 0 radical (unpaired) electrons. The van der Waals surface area contributed by atoms with Crippen molar-refractivity contribution in [2.45, 2.75) is 6.92 Å². The highest BCUT2D eigenvalue weighted by Crippen LogP contribution is 2.29. The molecule has 0 saturated heterocycles. The number of benzene rings is 2. The molecule has 98 valence electrons. The van der Waals surface area contributed by atoms with E-state index in [0.29, 0.717) is 16.3 Å². The first-order chi connectivity index (χ1) is 8.97.